The van der Waals surface area contributed by atoms with Crippen LogP contribution in [-0.2, 0) is 0 Å². The number of methoxy groups -OCH3 is 2. The molecule has 0 saturated heterocycles. The molecular formula is C12H12N2O4. The minimum atomic E-state index is -1.08. The van der Waals surface area contributed by atoms with Crippen LogP contribution in [0.2, 0.25) is 0 Å². The van der Waals surface area contributed by atoms with E-state index in [1.165, 1.54) is 25.0 Å². The molecule has 0 amide bonds. The zero-order chi connectivity index (χ0) is 13.1. The van der Waals surface area contributed by atoms with Gasteiger partial charge in [-0.05, 0) is 18.2 Å². The van der Waals surface area contributed by atoms with Gasteiger partial charge in [-0.15, -0.1) is 0 Å². The summed E-state index contributed by atoms with van der Waals surface area (Å²) in [6, 6.07) is 6.69. The van der Waals surface area contributed by atoms with Crippen molar-refractivity contribution in [1.82, 2.24) is 9.78 Å². The number of hydrogen-bond acceptors (Lipinski definition) is 4. The molecule has 2 rings (SSSR count). The van der Waals surface area contributed by atoms with Gasteiger partial charge in [0.2, 0.25) is 0 Å². The predicted octanol–water partition coefficient (Wildman–Crippen LogP) is 1.59. The maximum absolute atomic E-state index is 10.8. The second-order valence-corrected chi connectivity index (χ2v) is 3.46. The van der Waals surface area contributed by atoms with Crippen LogP contribution in [0.5, 0.6) is 11.5 Å². The maximum Gasteiger partial charge on any atom is 0.356 e. The van der Waals surface area contributed by atoms with E-state index >= 15 is 0 Å². The highest BCUT2D eigenvalue weighted by atomic mass is 16.5. The number of benzene rings is 1. The Kier molecular flexibility index (Phi) is 3.18. The molecule has 0 saturated carbocycles. The SMILES string of the molecule is COc1cccc(OC)c1-n1ccc(C(=O)O)n1. The molecule has 0 aliphatic carbocycles. The van der Waals surface area contributed by atoms with E-state index in [1.807, 2.05) is 0 Å². The van der Waals surface area contributed by atoms with Crippen molar-refractivity contribution in [3.63, 3.8) is 0 Å². The number of aromatic nitrogens is 2. The number of hydrogen-bond donors (Lipinski definition) is 1. The van der Waals surface area contributed by atoms with Crippen LogP contribution in [-0.4, -0.2) is 35.1 Å². The number of aromatic carboxylic acids is 1. The van der Waals surface area contributed by atoms with Gasteiger partial charge in [0.05, 0.1) is 14.2 Å². The first-order valence-corrected chi connectivity index (χ1v) is 5.17. The van der Waals surface area contributed by atoms with Crippen LogP contribution in [0.15, 0.2) is 30.5 Å². The van der Waals surface area contributed by atoms with Crippen molar-refractivity contribution >= 4 is 5.97 Å². The molecule has 1 heterocycles. The lowest BCUT2D eigenvalue weighted by Gasteiger charge is -2.12. The number of carbonyl (C=O) groups is 1. The molecule has 0 fully saturated rings. The van der Waals surface area contributed by atoms with Gasteiger partial charge < -0.3 is 14.6 Å². The van der Waals surface area contributed by atoms with Crippen LogP contribution in [0, 0.1) is 0 Å². The van der Waals surface area contributed by atoms with Crippen molar-refractivity contribution in [3.05, 3.63) is 36.2 Å². The topological polar surface area (TPSA) is 73.6 Å². The molecule has 0 bridgehead atoms. The van der Waals surface area contributed by atoms with Gasteiger partial charge in [-0.25, -0.2) is 9.48 Å². The van der Waals surface area contributed by atoms with Gasteiger partial charge in [0.15, 0.2) is 5.69 Å². The summed E-state index contributed by atoms with van der Waals surface area (Å²) in [4.78, 5) is 10.8. The number of nitrogens with zero attached hydrogens (tertiary/aromatic N) is 2. The molecule has 0 unspecified atom stereocenters. The lowest BCUT2D eigenvalue weighted by molar-refractivity contribution is 0.0690. The summed E-state index contributed by atoms with van der Waals surface area (Å²) in [6.07, 6.45) is 1.55. The van der Waals surface area contributed by atoms with E-state index in [2.05, 4.69) is 5.10 Å². The van der Waals surface area contributed by atoms with E-state index in [-0.39, 0.29) is 5.69 Å². The van der Waals surface area contributed by atoms with Crippen LogP contribution < -0.4 is 9.47 Å². The number of ether oxygens (including phenoxy) is 2. The summed E-state index contributed by atoms with van der Waals surface area (Å²) < 4.78 is 11.9. The Morgan fingerprint density at radius 3 is 2.28 bits per heavy atom. The predicted molar refractivity (Wildman–Crippen MR) is 63.6 cm³/mol. The van der Waals surface area contributed by atoms with Gasteiger partial charge in [-0.3, -0.25) is 0 Å². The molecule has 1 N–H and O–H groups in total. The van der Waals surface area contributed by atoms with Crippen LogP contribution in [0.4, 0.5) is 0 Å². The average Bonchev–Trinajstić information content (AvgIpc) is 2.87. The highest BCUT2D eigenvalue weighted by Crippen LogP contribution is 2.31. The molecule has 0 atom stereocenters. The summed E-state index contributed by atoms with van der Waals surface area (Å²) in [7, 11) is 3.06. The number of rotatable bonds is 4. The van der Waals surface area contributed by atoms with Gasteiger partial charge in [0.25, 0.3) is 0 Å². The average molecular weight is 248 g/mol. The number of carboxylic acid groups (broad SMARTS) is 1. The minimum absolute atomic E-state index is 0.0389. The normalized spacial score (nSPS) is 10.1. The number of carboxylic acids is 1. The van der Waals surface area contributed by atoms with Gasteiger partial charge in [0, 0.05) is 6.20 Å². The third-order valence-electron chi connectivity index (χ3n) is 2.44. The summed E-state index contributed by atoms with van der Waals surface area (Å²) in [5, 5.41) is 12.8. The highest BCUT2D eigenvalue weighted by molar-refractivity contribution is 5.85. The number of para-hydroxylation sites is 1. The summed E-state index contributed by atoms with van der Waals surface area (Å²) in [5.41, 5.74) is 0.526. The Bertz CT molecular complexity index is 555. The monoisotopic (exact) mass is 248 g/mol. The van der Waals surface area contributed by atoms with E-state index in [0.717, 1.165) is 0 Å². The van der Waals surface area contributed by atoms with E-state index in [4.69, 9.17) is 14.6 Å². The Morgan fingerprint density at radius 2 is 1.83 bits per heavy atom. The van der Waals surface area contributed by atoms with E-state index in [1.54, 1.807) is 24.4 Å². The fourth-order valence-electron chi connectivity index (χ4n) is 1.62. The first-order chi connectivity index (χ1) is 8.67. The second-order valence-electron chi connectivity index (χ2n) is 3.46. The summed E-state index contributed by atoms with van der Waals surface area (Å²) in [6.45, 7) is 0. The zero-order valence-electron chi connectivity index (χ0n) is 9.95. The smallest absolute Gasteiger partial charge is 0.356 e. The first-order valence-electron chi connectivity index (χ1n) is 5.17. The van der Waals surface area contributed by atoms with E-state index in [9.17, 15) is 4.79 Å². The van der Waals surface area contributed by atoms with Gasteiger partial charge in [-0.1, -0.05) is 6.07 Å². The molecule has 0 radical (unpaired) electrons. The van der Waals surface area contributed by atoms with Crippen molar-refractivity contribution in [2.75, 3.05) is 14.2 Å². The largest absolute Gasteiger partial charge is 0.494 e. The van der Waals surface area contributed by atoms with Crippen molar-refractivity contribution in [1.29, 1.82) is 0 Å². The highest BCUT2D eigenvalue weighted by Gasteiger charge is 2.15. The van der Waals surface area contributed by atoms with Gasteiger partial charge >= 0.3 is 5.97 Å². The quantitative estimate of drug-likeness (QED) is 0.889. The lowest BCUT2D eigenvalue weighted by atomic mass is 10.2. The molecule has 1 aromatic carbocycles. The summed E-state index contributed by atoms with van der Waals surface area (Å²) in [5.74, 6) is 0.0198. The third-order valence-corrected chi connectivity index (χ3v) is 2.44. The molecule has 18 heavy (non-hydrogen) atoms. The second kappa shape index (κ2) is 4.79. The lowest BCUT2D eigenvalue weighted by Crippen LogP contribution is -2.04. The zero-order valence-corrected chi connectivity index (χ0v) is 9.95. The fraction of sp³-hybridized carbons (Fsp3) is 0.167. The Morgan fingerprint density at radius 1 is 1.22 bits per heavy atom. The Labute approximate surface area is 103 Å². The summed E-state index contributed by atoms with van der Waals surface area (Å²) >= 11 is 0. The first kappa shape index (κ1) is 12.0. The van der Waals surface area contributed by atoms with Gasteiger partial charge in [-0.2, -0.15) is 5.10 Å². The van der Waals surface area contributed by atoms with Crippen molar-refractivity contribution in [2.24, 2.45) is 0 Å². The molecule has 2 aromatic rings. The Balaban J connectivity index is 2.57. The van der Waals surface area contributed by atoms with Crippen molar-refractivity contribution < 1.29 is 19.4 Å². The third kappa shape index (κ3) is 2.00. The van der Waals surface area contributed by atoms with Crippen LogP contribution in [0.1, 0.15) is 10.5 Å². The van der Waals surface area contributed by atoms with Crippen LogP contribution in [0.3, 0.4) is 0 Å². The maximum atomic E-state index is 10.8. The molecule has 6 nitrogen and oxygen atoms in total. The molecule has 94 valence electrons. The van der Waals surface area contributed by atoms with Crippen LogP contribution >= 0.6 is 0 Å². The standard InChI is InChI=1S/C12H12N2O4/c1-17-9-4-3-5-10(18-2)11(9)14-7-6-8(13-14)12(15)16/h3-7H,1-2H3,(H,15,16). The minimum Gasteiger partial charge on any atom is -0.494 e. The van der Waals surface area contributed by atoms with Gasteiger partial charge in [0.1, 0.15) is 17.2 Å². The molecule has 0 spiro atoms. The van der Waals surface area contributed by atoms with E-state index < -0.39 is 5.97 Å². The van der Waals surface area contributed by atoms with Crippen LogP contribution in [0.25, 0.3) is 5.69 Å². The molecule has 6 heteroatoms. The molecule has 0 aliphatic heterocycles. The van der Waals surface area contributed by atoms with Crippen molar-refractivity contribution in [2.45, 2.75) is 0 Å². The molecular weight excluding hydrogens is 236 g/mol. The van der Waals surface area contributed by atoms with Crippen molar-refractivity contribution in [3.8, 4) is 17.2 Å². The fourth-order valence-corrected chi connectivity index (χ4v) is 1.62. The Hall–Kier alpha value is -2.50. The van der Waals surface area contributed by atoms with E-state index in [0.29, 0.717) is 17.2 Å². The molecule has 1 aromatic heterocycles. The molecule has 0 aliphatic rings.